The molecule has 1 heterocycles. The van der Waals surface area contributed by atoms with Crippen molar-refractivity contribution in [3.63, 3.8) is 0 Å². The van der Waals surface area contributed by atoms with E-state index >= 15 is 0 Å². The van der Waals surface area contributed by atoms with E-state index in [1.165, 1.54) is 19.3 Å². The Morgan fingerprint density at radius 1 is 1.18 bits per heavy atom. The second-order valence-electron chi connectivity index (χ2n) is 4.39. The topological polar surface area (TPSA) is 35.8 Å². The Morgan fingerprint density at radius 3 is 2.41 bits per heavy atom. The van der Waals surface area contributed by atoms with Crippen molar-refractivity contribution in [2.75, 3.05) is 19.6 Å². The van der Waals surface area contributed by atoms with E-state index in [-0.39, 0.29) is 0 Å². The van der Waals surface area contributed by atoms with Crippen molar-refractivity contribution in [1.29, 1.82) is 0 Å². The highest BCUT2D eigenvalue weighted by Gasteiger charge is 2.14. The molecular weight excluding hydrogens is 236 g/mol. The average molecular weight is 253 g/mol. The van der Waals surface area contributed by atoms with Crippen molar-refractivity contribution >= 4 is 17.3 Å². The number of rotatable bonds is 3. The highest BCUT2D eigenvalue weighted by Crippen LogP contribution is 2.13. The van der Waals surface area contributed by atoms with Gasteiger partial charge >= 0.3 is 0 Å². The van der Waals surface area contributed by atoms with Gasteiger partial charge in [0.15, 0.2) is 0 Å². The first kappa shape index (κ1) is 12.4. The molecular formula is C13H17ClN2O. The minimum atomic E-state index is 0.698. The lowest BCUT2D eigenvalue weighted by molar-refractivity contribution is 0.253. The molecule has 0 radical (unpaired) electrons. The lowest BCUT2D eigenvalue weighted by atomic mass is 10.1. The first-order valence-corrected chi connectivity index (χ1v) is 6.36. The van der Waals surface area contributed by atoms with E-state index in [1.807, 2.05) is 24.3 Å². The molecule has 0 saturated carbocycles. The Bertz CT molecular complexity index is 383. The van der Waals surface area contributed by atoms with E-state index in [4.69, 9.17) is 16.8 Å². The maximum atomic E-state index is 9.11. The Hall–Kier alpha value is -1.06. The summed E-state index contributed by atoms with van der Waals surface area (Å²) in [6.45, 7) is 2.89. The molecule has 17 heavy (non-hydrogen) atoms. The smallest absolute Gasteiger partial charge is 0.101 e. The van der Waals surface area contributed by atoms with Gasteiger partial charge in [0, 0.05) is 17.1 Å². The predicted octanol–water partition coefficient (Wildman–Crippen LogP) is 3.00. The third-order valence-electron chi connectivity index (χ3n) is 3.12. The molecule has 4 heteroatoms. The Labute approximate surface area is 107 Å². The maximum Gasteiger partial charge on any atom is 0.101 e. The Morgan fingerprint density at radius 2 is 1.82 bits per heavy atom. The van der Waals surface area contributed by atoms with Gasteiger partial charge in [0.2, 0.25) is 0 Å². The molecule has 1 aliphatic rings. The zero-order valence-corrected chi connectivity index (χ0v) is 10.5. The van der Waals surface area contributed by atoms with Crippen LogP contribution in [0.25, 0.3) is 0 Å². The number of piperidine rings is 1. The fourth-order valence-electron chi connectivity index (χ4n) is 2.15. The normalized spacial score (nSPS) is 18.3. The van der Waals surface area contributed by atoms with Gasteiger partial charge in [-0.1, -0.05) is 35.3 Å². The van der Waals surface area contributed by atoms with Crippen LogP contribution in [-0.2, 0) is 0 Å². The number of halogens is 1. The summed E-state index contributed by atoms with van der Waals surface area (Å²) in [4.78, 5) is 2.33. The molecule has 1 fully saturated rings. The monoisotopic (exact) mass is 252 g/mol. The number of oxime groups is 1. The number of benzene rings is 1. The van der Waals surface area contributed by atoms with Crippen LogP contribution in [0.3, 0.4) is 0 Å². The Balaban J connectivity index is 2.03. The van der Waals surface area contributed by atoms with Crippen molar-refractivity contribution < 1.29 is 5.21 Å². The average Bonchev–Trinajstić information content (AvgIpc) is 2.38. The summed E-state index contributed by atoms with van der Waals surface area (Å²) in [5.74, 6) is 0. The van der Waals surface area contributed by atoms with E-state index in [9.17, 15) is 0 Å². The van der Waals surface area contributed by atoms with Gasteiger partial charge in [-0.2, -0.15) is 0 Å². The van der Waals surface area contributed by atoms with E-state index in [0.29, 0.717) is 17.3 Å². The molecule has 1 N–H and O–H groups in total. The fourth-order valence-corrected chi connectivity index (χ4v) is 2.28. The number of likely N-dealkylation sites (tertiary alicyclic amines) is 1. The van der Waals surface area contributed by atoms with Gasteiger partial charge in [0.25, 0.3) is 0 Å². The third kappa shape index (κ3) is 3.45. The predicted molar refractivity (Wildman–Crippen MR) is 70.1 cm³/mol. The molecule has 0 spiro atoms. The maximum absolute atomic E-state index is 9.11. The number of hydrogen-bond donors (Lipinski definition) is 1. The molecule has 1 saturated heterocycles. The highest BCUT2D eigenvalue weighted by atomic mass is 35.5. The third-order valence-corrected chi connectivity index (χ3v) is 3.37. The molecule has 0 atom stereocenters. The summed E-state index contributed by atoms with van der Waals surface area (Å²) in [7, 11) is 0. The quantitative estimate of drug-likeness (QED) is 0.510. The van der Waals surface area contributed by atoms with Gasteiger partial charge in [-0.05, 0) is 38.1 Å². The fraction of sp³-hybridized carbons (Fsp3) is 0.462. The van der Waals surface area contributed by atoms with Crippen molar-refractivity contribution in [3.05, 3.63) is 34.9 Å². The van der Waals surface area contributed by atoms with Crippen LogP contribution in [0.1, 0.15) is 24.8 Å². The van der Waals surface area contributed by atoms with Crippen LogP contribution in [-0.4, -0.2) is 35.5 Å². The van der Waals surface area contributed by atoms with E-state index in [0.717, 1.165) is 18.7 Å². The minimum Gasteiger partial charge on any atom is -0.411 e. The number of hydrogen-bond acceptors (Lipinski definition) is 3. The van der Waals surface area contributed by atoms with Crippen molar-refractivity contribution in [3.8, 4) is 0 Å². The van der Waals surface area contributed by atoms with Crippen molar-refractivity contribution in [2.45, 2.75) is 19.3 Å². The summed E-state index contributed by atoms with van der Waals surface area (Å²) in [6, 6.07) is 7.42. The molecule has 3 nitrogen and oxygen atoms in total. The summed E-state index contributed by atoms with van der Waals surface area (Å²) < 4.78 is 0. The zero-order valence-electron chi connectivity index (χ0n) is 9.77. The van der Waals surface area contributed by atoms with Gasteiger partial charge in [-0.25, -0.2) is 0 Å². The zero-order chi connectivity index (χ0) is 12.1. The molecule has 2 rings (SSSR count). The summed E-state index contributed by atoms with van der Waals surface area (Å²) in [5, 5.41) is 13.2. The van der Waals surface area contributed by atoms with Crippen LogP contribution in [0, 0.1) is 0 Å². The lowest BCUT2D eigenvalue weighted by Crippen LogP contribution is -2.34. The molecule has 0 amide bonds. The summed E-state index contributed by atoms with van der Waals surface area (Å²) in [5.41, 5.74) is 1.64. The molecule has 92 valence electrons. The van der Waals surface area contributed by atoms with Gasteiger partial charge in [-0.3, -0.25) is 4.90 Å². The van der Waals surface area contributed by atoms with Crippen LogP contribution in [0.15, 0.2) is 29.4 Å². The first-order valence-electron chi connectivity index (χ1n) is 5.99. The lowest BCUT2D eigenvalue weighted by Gasteiger charge is -2.26. The largest absolute Gasteiger partial charge is 0.411 e. The van der Waals surface area contributed by atoms with Crippen LogP contribution < -0.4 is 0 Å². The van der Waals surface area contributed by atoms with Gasteiger partial charge in [-0.15, -0.1) is 0 Å². The standard InChI is InChI=1S/C13H17ClN2O/c14-12-6-4-11(5-7-12)13(15-17)10-16-8-2-1-3-9-16/h4-7,17H,1-3,8-10H2/b15-13-. The second-order valence-corrected chi connectivity index (χ2v) is 4.83. The highest BCUT2D eigenvalue weighted by molar-refractivity contribution is 6.30. The van der Waals surface area contributed by atoms with Crippen molar-refractivity contribution in [2.24, 2.45) is 5.16 Å². The number of nitrogens with zero attached hydrogens (tertiary/aromatic N) is 2. The first-order chi connectivity index (χ1) is 8.29. The van der Waals surface area contributed by atoms with E-state index < -0.39 is 0 Å². The molecule has 1 aromatic rings. The molecule has 0 aliphatic carbocycles. The van der Waals surface area contributed by atoms with E-state index in [1.54, 1.807) is 0 Å². The molecule has 1 aromatic carbocycles. The Kier molecular flexibility index (Phi) is 4.40. The summed E-state index contributed by atoms with van der Waals surface area (Å²) >= 11 is 5.84. The van der Waals surface area contributed by atoms with Gasteiger partial charge in [0.05, 0.1) is 0 Å². The second kappa shape index (κ2) is 6.03. The van der Waals surface area contributed by atoms with Crippen molar-refractivity contribution in [1.82, 2.24) is 4.90 Å². The van der Waals surface area contributed by atoms with Gasteiger partial charge in [0.1, 0.15) is 5.71 Å². The molecule has 1 aliphatic heterocycles. The molecule has 0 unspecified atom stereocenters. The minimum absolute atomic E-state index is 0.698. The van der Waals surface area contributed by atoms with Crippen LogP contribution in [0.2, 0.25) is 5.02 Å². The molecule has 0 bridgehead atoms. The van der Waals surface area contributed by atoms with Crippen LogP contribution >= 0.6 is 11.6 Å². The SMILES string of the molecule is O/N=C(/CN1CCCCC1)c1ccc(Cl)cc1. The summed E-state index contributed by atoms with van der Waals surface area (Å²) in [6.07, 6.45) is 3.78. The van der Waals surface area contributed by atoms with E-state index in [2.05, 4.69) is 10.1 Å². The van der Waals surface area contributed by atoms with Crippen LogP contribution in [0.5, 0.6) is 0 Å². The van der Waals surface area contributed by atoms with Gasteiger partial charge < -0.3 is 5.21 Å². The molecule has 0 aromatic heterocycles. The van der Waals surface area contributed by atoms with Crippen LogP contribution in [0.4, 0.5) is 0 Å².